The third-order valence-electron chi connectivity index (χ3n) is 4.69. The molecule has 0 aliphatic rings. The number of aryl methyl sites for hydroxylation is 2. The van der Waals surface area contributed by atoms with Crippen LogP contribution in [0.3, 0.4) is 0 Å². The summed E-state index contributed by atoms with van der Waals surface area (Å²) < 4.78 is 10.4. The fourth-order valence-electron chi connectivity index (χ4n) is 2.85. The van der Waals surface area contributed by atoms with Crippen molar-refractivity contribution in [2.24, 2.45) is 0 Å². The number of rotatable bonds is 6. The number of nitrogens with one attached hydrogen (secondary N) is 1. The zero-order valence-corrected chi connectivity index (χ0v) is 17.5. The lowest BCUT2D eigenvalue weighted by Gasteiger charge is -2.22. The molecule has 0 aromatic heterocycles. The molecule has 0 aliphatic carbocycles. The van der Waals surface area contributed by atoms with Gasteiger partial charge in [0, 0.05) is 5.56 Å². The van der Waals surface area contributed by atoms with Gasteiger partial charge in [-0.15, -0.1) is 0 Å². The minimum atomic E-state index is -0.472. The normalized spacial score (nSPS) is 11.1. The Kier molecular flexibility index (Phi) is 6.84. The summed E-state index contributed by atoms with van der Waals surface area (Å²) in [6, 6.07) is 11.0. The van der Waals surface area contributed by atoms with Crippen molar-refractivity contribution in [1.29, 1.82) is 0 Å². The van der Waals surface area contributed by atoms with Crippen molar-refractivity contribution in [3.8, 4) is 5.75 Å². The van der Waals surface area contributed by atoms with Crippen LogP contribution < -0.4 is 10.1 Å². The van der Waals surface area contributed by atoms with Gasteiger partial charge in [0.25, 0.3) is 5.91 Å². The van der Waals surface area contributed by atoms with E-state index in [1.54, 1.807) is 31.4 Å². The Bertz CT molecular complexity index is 825. The average molecular weight is 383 g/mol. The van der Waals surface area contributed by atoms with Gasteiger partial charge in [-0.05, 0) is 65.8 Å². The van der Waals surface area contributed by atoms with Gasteiger partial charge in [0.05, 0.1) is 7.11 Å². The van der Waals surface area contributed by atoms with Crippen molar-refractivity contribution in [3.05, 3.63) is 64.2 Å². The molecule has 0 radical (unpaired) electrons. The van der Waals surface area contributed by atoms with Gasteiger partial charge in [0.15, 0.2) is 0 Å². The number of carbonyl (C=O) groups is 2. The molecule has 0 saturated heterocycles. The van der Waals surface area contributed by atoms with E-state index in [0.717, 1.165) is 16.7 Å². The maximum Gasteiger partial charge on any atom is 0.325 e. The van der Waals surface area contributed by atoms with Crippen LogP contribution in [0.15, 0.2) is 36.4 Å². The quantitative estimate of drug-likeness (QED) is 0.764. The maximum absolute atomic E-state index is 12.1. The highest BCUT2D eigenvalue weighted by molar-refractivity contribution is 5.96. The lowest BCUT2D eigenvalue weighted by atomic mass is 9.84. The molecule has 2 aromatic carbocycles. The minimum Gasteiger partial charge on any atom is -0.497 e. The van der Waals surface area contributed by atoms with Crippen molar-refractivity contribution in [2.45, 2.75) is 46.6 Å². The molecule has 0 unspecified atom stereocenters. The Morgan fingerprint density at radius 1 is 1.00 bits per heavy atom. The predicted octanol–water partition coefficient (Wildman–Crippen LogP) is 4.08. The highest BCUT2D eigenvalue weighted by atomic mass is 16.5. The first-order valence-electron chi connectivity index (χ1n) is 9.30. The van der Waals surface area contributed by atoms with Crippen molar-refractivity contribution < 1.29 is 19.1 Å². The number of amides is 1. The monoisotopic (exact) mass is 383 g/mol. The summed E-state index contributed by atoms with van der Waals surface area (Å²) in [7, 11) is 1.56. The van der Waals surface area contributed by atoms with Gasteiger partial charge in [-0.3, -0.25) is 9.59 Å². The minimum absolute atomic E-state index is 0.0659. The van der Waals surface area contributed by atoms with E-state index in [9.17, 15) is 9.59 Å². The Labute approximate surface area is 167 Å². The van der Waals surface area contributed by atoms with Crippen molar-refractivity contribution in [3.63, 3.8) is 0 Å². The van der Waals surface area contributed by atoms with E-state index in [4.69, 9.17) is 9.47 Å². The molecular formula is C23H29NO4. The summed E-state index contributed by atoms with van der Waals surface area (Å²) in [4.78, 5) is 24.1. The molecule has 0 aliphatic heterocycles. The summed E-state index contributed by atoms with van der Waals surface area (Å²) in [6.07, 6.45) is 0. The van der Waals surface area contributed by atoms with E-state index in [1.807, 2.05) is 13.8 Å². The second kappa shape index (κ2) is 8.91. The van der Waals surface area contributed by atoms with Crippen molar-refractivity contribution in [2.75, 3.05) is 13.7 Å². The summed E-state index contributed by atoms with van der Waals surface area (Å²) in [5.41, 5.74) is 4.97. The lowest BCUT2D eigenvalue weighted by Crippen LogP contribution is -2.30. The van der Waals surface area contributed by atoms with Crippen LogP contribution in [0.5, 0.6) is 5.75 Å². The number of methoxy groups -OCH3 is 1. The first-order valence-corrected chi connectivity index (χ1v) is 9.30. The number of hydrogen-bond donors (Lipinski definition) is 1. The zero-order chi connectivity index (χ0) is 20.9. The molecule has 0 bridgehead atoms. The Hall–Kier alpha value is -2.82. The smallest absolute Gasteiger partial charge is 0.325 e. The Morgan fingerprint density at radius 2 is 1.57 bits per heavy atom. The SMILES string of the molecule is COc1ccc(C(=O)NCC(=O)OCc2c(C)cc(C(C)(C)C)cc2C)cc1. The van der Waals surface area contributed by atoms with E-state index < -0.39 is 5.97 Å². The molecule has 28 heavy (non-hydrogen) atoms. The summed E-state index contributed by atoms with van der Waals surface area (Å²) in [5, 5.41) is 2.58. The third kappa shape index (κ3) is 5.59. The number of esters is 1. The number of ether oxygens (including phenoxy) is 2. The predicted molar refractivity (Wildman–Crippen MR) is 110 cm³/mol. The van der Waals surface area contributed by atoms with Crippen LogP contribution in [0.2, 0.25) is 0 Å². The molecule has 0 saturated carbocycles. The molecule has 2 aromatic rings. The van der Waals surface area contributed by atoms with Gasteiger partial charge in [0.1, 0.15) is 18.9 Å². The molecule has 2 rings (SSSR count). The van der Waals surface area contributed by atoms with Crippen LogP contribution in [-0.4, -0.2) is 25.5 Å². The summed E-state index contributed by atoms with van der Waals surface area (Å²) in [6.45, 7) is 10.6. The van der Waals surface area contributed by atoms with Gasteiger partial charge in [-0.25, -0.2) is 0 Å². The molecule has 1 amide bonds. The highest BCUT2D eigenvalue weighted by Crippen LogP contribution is 2.27. The van der Waals surface area contributed by atoms with Gasteiger partial charge >= 0.3 is 5.97 Å². The van der Waals surface area contributed by atoms with Crippen LogP contribution in [0.4, 0.5) is 0 Å². The molecular weight excluding hydrogens is 354 g/mol. The first-order chi connectivity index (χ1) is 13.1. The van der Waals surface area contributed by atoms with Crippen LogP contribution in [0.25, 0.3) is 0 Å². The second-order valence-electron chi connectivity index (χ2n) is 7.91. The fourth-order valence-corrected chi connectivity index (χ4v) is 2.85. The zero-order valence-electron chi connectivity index (χ0n) is 17.5. The van der Waals surface area contributed by atoms with Crippen molar-refractivity contribution in [1.82, 2.24) is 5.32 Å². The van der Waals surface area contributed by atoms with E-state index in [2.05, 4.69) is 38.2 Å². The molecule has 5 nitrogen and oxygen atoms in total. The molecule has 5 heteroatoms. The van der Waals surface area contributed by atoms with Crippen LogP contribution in [0.1, 0.15) is 53.4 Å². The molecule has 0 fully saturated rings. The molecule has 0 heterocycles. The Balaban J connectivity index is 1.91. The van der Waals surface area contributed by atoms with Crippen molar-refractivity contribution >= 4 is 11.9 Å². The lowest BCUT2D eigenvalue weighted by molar-refractivity contribution is -0.143. The largest absolute Gasteiger partial charge is 0.497 e. The molecule has 0 spiro atoms. The van der Waals surface area contributed by atoms with Gasteiger partial charge < -0.3 is 14.8 Å². The highest BCUT2D eigenvalue weighted by Gasteiger charge is 2.17. The van der Waals surface area contributed by atoms with E-state index in [-0.39, 0.29) is 24.5 Å². The topological polar surface area (TPSA) is 64.6 Å². The first kappa shape index (κ1) is 21.5. The molecule has 1 N–H and O–H groups in total. The van der Waals surface area contributed by atoms with Gasteiger partial charge in [-0.2, -0.15) is 0 Å². The maximum atomic E-state index is 12.1. The summed E-state index contributed by atoms with van der Waals surface area (Å²) >= 11 is 0. The fraction of sp³-hybridized carbons (Fsp3) is 0.391. The van der Waals surface area contributed by atoms with Crippen LogP contribution in [-0.2, 0) is 21.6 Å². The number of hydrogen-bond acceptors (Lipinski definition) is 4. The Morgan fingerprint density at radius 3 is 2.07 bits per heavy atom. The average Bonchev–Trinajstić information content (AvgIpc) is 2.64. The summed E-state index contributed by atoms with van der Waals surface area (Å²) in [5.74, 6) is -0.138. The number of carbonyl (C=O) groups excluding carboxylic acids is 2. The van der Waals surface area contributed by atoms with E-state index in [1.165, 1.54) is 5.56 Å². The third-order valence-corrected chi connectivity index (χ3v) is 4.69. The standard InChI is InChI=1S/C23H29NO4/c1-15-11-18(23(3,4)5)12-16(2)20(15)14-28-21(25)13-24-22(26)17-7-9-19(27-6)10-8-17/h7-12H,13-14H2,1-6H3,(H,24,26). The van der Waals surface area contributed by atoms with Gasteiger partial charge in [0.2, 0.25) is 0 Å². The molecule has 150 valence electrons. The van der Waals surface area contributed by atoms with Crippen LogP contribution >= 0.6 is 0 Å². The number of benzene rings is 2. The van der Waals surface area contributed by atoms with Gasteiger partial charge in [-0.1, -0.05) is 32.9 Å². The molecule has 0 atom stereocenters. The van der Waals surface area contributed by atoms with Crippen LogP contribution in [0, 0.1) is 13.8 Å². The van der Waals surface area contributed by atoms with E-state index in [0.29, 0.717) is 11.3 Å². The van der Waals surface area contributed by atoms with E-state index >= 15 is 0 Å². The second-order valence-corrected chi connectivity index (χ2v) is 7.91.